The highest BCUT2D eigenvalue weighted by atomic mass is 19.3. The topological polar surface area (TPSA) is 55.5 Å². The van der Waals surface area contributed by atoms with Crippen LogP contribution < -0.4 is 10.5 Å². The van der Waals surface area contributed by atoms with E-state index < -0.39 is 18.6 Å². The third kappa shape index (κ3) is 3.85. The average Bonchev–Trinajstić information content (AvgIpc) is 2.29. The lowest BCUT2D eigenvalue weighted by Crippen LogP contribution is -2.33. The molecule has 0 bridgehead atoms. The first kappa shape index (κ1) is 14.7. The van der Waals surface area contributed by atoms with Crippen LogP contribution in [0.3, 0.4) is 0 Å². The maximum Gasteiger partial charge on any atom is 0.461 e. The van der Waals surface area contributed by atoms with Crippen molar-refractivity contribution in [3.8, 4) is 5.75 Å². The van der Waals surface area contributed by atoms with Crippen molar-refractivity contribution in [1.29, 1.82) is 0 Å². The number of benzene rings is 1. The number of rotatable bonds is 6. The fourth-order valence-corrected chi connectivity index (χ4v) is 1.29. The van der Waals surface area contributed by atoms with Gasteiger partial charge in [-0.05, 0) is 24.1 Å². The van der Waals surface area contributed by atoms with Crippen LogP contribution in [0.4, 0.5) is 17.6 Å². The maximum absolute atomic E-state index is 12.6. The molecule has 18 heavy (non-hydrogen) atoms. The Morgan fingerprint density at radius 3 is 2.22 bits per heavy atom. The van der Waals surface area contributed by atoms with Crippen LogP contribution in [-0.2, 0) is 0 Å². The van der Waals surface area contributed by atoms with E-state index in [2.05, 4.69) is 4.74 Å². The van der Waals surface area contributed by atoms with Crippen molar-refractivity contribution in [2.45, 2.75) is 25.0 Å². The molecule has 1 aromatic rings. The zero-order valence-electron chi connectivity index (χ0n) is 9.32. The van der Waals surface area contributed by atoms with E-state index in [1.807, 2.05) is 0 Å². The fourth-order valence-electron chi connectivity index (χ4n) is 1.29. The molecule has 0 unspecified atom stereocenters. The summed E-state index contributed by atoms with van der Waals surface area (Å²) in [6.07, 6.45) is -8.10. The summed E-state index contributed by atoms with van der Waals surface area (Å²) in [5.74, 6) is -0.375. The fraction of sp³-hybridized carbons (Fsp3) is 0.455. The van der Waals surface area contributed by atoms with E-state index in [-0.39, 0.29) is 12.4 Å². The van der Waals surface area contributed by atoms with Gasteiger partial charge in [0.25, 0.3) is 0 Å². The molecule has 7 heteroatoms. The predicted octanol–water partition coefficient (Wildman–Crippen LogP) is 2.31. The first-order chi connectivity index (χ1) is 8.36. The highest BCUT2D eigenvalue weighted by molar-refractivity contribution is 5.29. The van der Waals surface area contributed by atoms with Gasteiger partial charge in [0.05, 0.1) is 0 Å². The number of halogens is 4. The molecule has 1 aromatic carbocycles. The summed E-state index contributed by atoms with van der Waals surface area (Å²) in [5, 5.41) is 8.68. The minimum absolute atomic E-state index is 0.108. The third-order valence-corrected chi connectivity index (χ3v) is 2.26. The molecule has 0 aliphatic rings. The van der Waals surface area contributed by atoms with Crippen LogP contribution in [0.1, 0.15) is 18.0 Å². The second-order valence-electron chi connectivity index (χ2n) is 3.65. The first-order valence-corrected chi connectivity index (χ1v) is 5.18. The summed E-state index contributed by atoms with van der Waals surface area (Å²) in [6, 6.07) is 4.58. The number of ether oxygens (including phenoxy) is 1. The molecule has 0 saturated carbocycles. The van der Waals surface area contributed by atoms with Crippen molar-refractivity contribution in [3.63, 3.8) is 0 Å². The monoisotopic (exact) mass is 267 g/mol. The van der Waals surface area contributed by atoms with Gasteiger partial charge in [-0.25, -0.2) is 0 Å². The molecule has 0 amide bonds. The van der Waals surface area contributed by atoms with Gasteiger partial charge in [-0.15, -0.1) is 0 Å². The van der Waals surface area contributed by atoms with Crippen molar-refractivity contribution in [1.82, 2.24) is 0 Å². The van der Waals surface area contributed by atoms with Gasteiger partial charge in [-0.1, -0.05) is 12.1 Å². The van der Waals surface area contributed by atoms with Gasteiger partial charge in [-0.2, -0.15) is 17.6 Å². The van der Waals surface area contributed by atoms with Gasteiger partial charge < -0.3 is 15.6 Å². The van der Waals surface area contributed by atoms with E-state index in [0.717, 1.165) is 12.1 Å². The Hall–Kier alpha value is -1.34. The molecule has 3 nitrogen and oxygen atoms in total. The van der Waals surface area contributed by atoms with Crippen LogP contribution in [0.25, 0.3) is 0 Å². The summed E-state index contributed by atoms with van der Waals surface area (Å²) < 4.78 is 52.8. The lowest BCUT2D eigenvalue weighted by atomic mass is 10.1. The van der Waals surface area contributed by atoms with E-state index in [4.69, 9.17) is 10.8 Å². The molecular weight excluding hydrogens is 254 g/mol. The summed E-state index contributed by atoms with van der Waals surface area (Å²) in [6.45, 7) is -0.108. The van der Waals surface area contributed by atoms with E-state index in [1.54, 1.807) is 0 Å². The molecule has 0 heterocycles. The van der Waals surface area contributed by atoms with E-state index >= 15 is 0 Å². The SMILES string of the molecule is N[C@@H](CCO)c1ccc(OC(F)(F)C(F)F)cc1. The van der Waals surface area contributed by atoms with Crippen molar-refractivity contribution >= 4 is 0 Å². The molecule has 0 aliphatic heterocycles. The van der Waals surface area contributed by atoms with Crippen molar-refractivity contribution < 1.29 is 27.4 Å². The molecule has 0 saturated heterocycles. The van der Waals surface area contributed by atoms with Crippen LogP contribution in [-0.4, -0.2) is 24.2 Å². The lowest BCUT2D eigenvalue weighted by Gasteiger charge is -2.17. The van der Waals surface area contributed by atoms with Crippen molar-refractivity contribution in [2.24, 2.45) is 5.73 Å². The average molecular weight is 267 g/mol. The summed E-state index contributed by atoms with van der Waals surface area (Å²) in [7, 11) is 0. The van der Waals surface area contributed by atoms with Crippen LogP contribution in [0.5, 0.6) is 5.75 Å². The van der Waals surface area contributed by atoms with Gasteiger partial charge in [0, 0.05) is 12.6 Å². The molecule has 0 radical (unpaired) electrons. The number of nitrogens with two attached hydrogens (primary N) is 1. The normalized spacial score (nSPS) is 13.7. The smallest absolute Gasteiger partial charge is 0.428 e. The third-order valence-electron chi connectivity index (χ3n) is 2.26. The first-order valence-electron chi connectivity index (χ1n) is 5.18. The quantitative estimate of drug-likeness (QED) is 0.778. The Morgan fingerprint density at radius 1 is 1.22 bits per heavy atom. The lowest BCUT2D eigenvalue weighted by molar-refractivity contribution is -0.253. The maximum atomic E-state index is 12.6. The Bertz CT molecular complexity index is 370. The Kier molecular flexibility index (Phi) is 4.92. The second-order valence-corrected chi connectivity index (χ2v) is 3.65. The molecule has 1 rings (SSSR count). The number of hydrogen-bond acceptors (Lipinski definition) is 3. The molecule has 0 aliphatic carbocycles. The van der Waals surface area contributed by atoms with Crippen LogP contribution in [0.15, 0.2) is 24.3 Å². The minimum Gasteiger partial charge on any atom is -0.428 e. The minimum atomic E-state index is -4.52. The molecule has 0 fully saturated rings. The highest BCUT2D eigenvalue weighted by Gasteiger charge is 2.43. The van der Waals surface area contributed by atoms with Crippen LogP contribution >= 0.6 is 0 Å². The summed E-state index contributed by atoms with van der Waals surface area (Å²) in [5.41, 5.74) is 6.26. The van der Waals surface area contributed by atoms with Gasteiger partial charge >= 0.3 is 12.5 Å². The number of aliphatic hydroxyl groups is 1. The summed E-state index contributed by atoms with van der Waals surface area (Å²) in [4.78, 5) is 0. The molecule has 0 aromatic heterocycles. The molecule has 3 N–H and O–H groups in total. The van der Waals surface area contributed by atoms with E-state index in [1.165, 1.54) is 12.1 Å². The number of aliphatic hydroxyl groups excluding tert-OH is 1. The van der Waals surface area contributed by atoms with Gasteiger partial charge in [-0.3, -0.25) is 0 Å². The number of alkyl halides is 4. The van der Waals surface area contributed by atoms with Crippen molar-refractivity contribution in [3.05, 3.63) is 29.8 Å². The Balaban J connectivity index is 2.71. The van der Waals surface area contributed by atoms with Gasteiger partial charge in [0.1, 0.15) is 5.75 Å². The zero-order chi connectivity index (χ0) is 13.8. The zero-order valence-corrected chi connectivity index (χ0v) is 9.32. The molecule has 102 valence electrons. The van der Waals surface area contributed by atoms with Gasteiger partial charge in [0.2, 0.25) is 0 Å². The molecular formula is C11H13F4NO2. The molecule has 1 atom stereocenters. The second kappa shape index (κ2) is 6.01. The Morgan fingerprint density at radius 2 is 1.78 bits per heavy atom. The van der Waals surface area contributed by atoms with E-state index in [9.17, 15) is 17.6 Å². The number of hydrogen-bond donors (Lipinski definition) is 2. The molecule has 0 spiro atoms. The predicted molar refractivity (Wildman–Crippen MR) is 56.7 cm³/mol. The Labute approximate surface area is 101 Å². The van der Waals surface area contributed by atoms with Crippen molar-refractivity contribution in [2.75, 3.05) is 6.61 Å². The summed E-state index contributed by atoms with van der Waals surface area (Å²) >= 11 is 0. The van der Waals surface area contributed by atoms with E-state index in [0.29, 0.717) is 12.0 Å². The van der Waals surface area contributed by atoms with Crippen LogP contribution in [0.2, 0.25) is 0 Å². The highest BCUT2D eigenvalue weighted by Crippen LogP contribution is 2.28. The standard InChI is InChI=1S/C11H13F4NO2/c12-10(13)11(14,15)18-8-3-1-7(2-4-8)9(16)5-6-17/h1-4,9-10,17H,5-6,16H2/t9-/m0/s1. The van der Waals surface area contributed by atoms with Crippen LogP contribution in [0, 0.1) is 0 Å². The van der Waals surface area contributed by atoms with Gasteiger partial charge in [0.15, 0.2) is 0 Å². The largest absolute Gasteiger partial charge is 0.461 e.